The van der Waals surface area contributed by atoms with Gasteiger partial charge in [-0.3, -0.25) is 4.79 Å². The predicted molar refractivity (Wildman–Crippen MR) is 70.2 cm³/mol. The van der Waals surface area contributed by atoms with Gasteiger partial charge in [0.05, 0.1) is 5.69 Å². The first-order chi connectivity index (χ1) is 8.11. The van der Waals surface area contributed by atoms with Crippen molar-refractivity contribution in [3.05, 3.63) is 56.4 Å². The average Bonchev–Trinajstić information content (AvgIpc) is 2.31. The van der Waals surface area contributed by atoms with Gasteiger partial charge in [0, 0.05) is 22.8 Å². The Balaban J connectivity index is 2.59. The summed E-state index contributed by atoms with van der Waals surface area (Å²) >= 11 is 3.38. The lowest BCUT2D eigenvalue weighted by molar-refractivity contribution is 0.750. The standard InChI is InChI=1S/C12H12BrN3O/c1-8-6-12(17)11(7-14)15-16(8)10-4-2-9(13)3-5-10/h2-6H,7,14H2,1H3. The topological polar surface area (TPSA) is 60.9 Å². The highest BCUT2D eigenvalue weighted by molar-refractivity contribution is 9.10. The van der Waals surface area contributed by atoms with Crippen LogP contribution in [0.5, 0.6) is 0 Å². The third-order valence-corrected chi connectivity index (χ3v) is 2.97. The lowest BCUT2D eigenvalue weighted by Crippen LogP contribution is -2.21. The Bertz CT molecular complexity index is 590. The predicted octanol–water partition coefficient (Wildman–Crippen LogP) is 1.76. The van der Waals surface area contributed by atoms with E-state index in [1.165, 1.54) is 0 Å². The Morgan fingerprint density at radius 1 is 1.35 bits per heavy atom. The van der Waals surface area contributed by atoms with Crippen LogP contribution in [0.15, 0.2) is 39.6 Å². The Hall–Kier alpha value is -1.46. The summed E-state index contributed by atoms with van der Waals surface area (Å²) in [7, 11) is 0. The smallest absolute Gasteiger partial charge is 0.204 e. The van der Waals surface area contributed by atoms with Gasteiger partial charge in [-0.1, -0.05) is 15.9 Å². The van der Waals surface area contributed by atoms with Crippen LogP contribution < -0.4 is 11.2 Å². The van der Waals surface area contributed by atoms with Gasteiger partial charge in [-0.15, -0.1) is 0 Å². The summed E-state index contributed by atoms with van der Waals surface area (Å²) in [5, 5.41) is 4.25. The van der Waals surface area contributed by atoms with Gasteiger partial charge in [-0.2, -0.15) is 5.10 Å². The molecule has 0 saturated carbocycles. The largest absolute Gasteiger partial charge is 0.325 e. The fraction of sp³-hybridized carbons (Fsp3) is 0.167. The number of aryl methyl sites for hydroxylation is 1. The van der Waals surface area contributed by atoms with Crippen LogP contribution in [0.4, 0.5) is 0 Å². The molecule has 0 saturated heterocycles. The van der Waals surface area contributed by atoms with Crippen LogP contribution in [0.3, 0.4) is 0 Å². The molecule has 5 heteroatoms. The number of nitrogens with two attached hydrogens (primary N) is 1. The third-order valence-electron chi connectivity index (χ3n) is 2.44. The molecular weight excluding hydrogens is 282 g/mol. The number of benzene rings is 1. The number of rotatable bonds is 2. The van der Waals surface area contributed by atoms with Crippen molar-refractivity contribution >= 4 is 15.9 Å². The van der Waals surface area contributed by atoms with Crippen molar-refractivity contribution in [2.75, 3.05) is 0 Å². The summed E-state index contributed by atoms with van der Waals surface area (Å²) in [5.74, 6) is 0. The van der Waals surface area contributed by atoms with Gasteiger partial charge in [0.15, 0.2) is 0 Å². The first kappa shape index (κ1) is 12.0. The van der Waals surface area contributed by atoms with Crippen LogP contribution in [0, 0.1) is 6.92 Å². The molecule has 2 rings (SSSR count). The zero-order valence-electron chi connectivity index (χ0n) is 9.35. The van der Waals surface area contributed by atoms with Crippen molar-refractivity contribution in [1.29, 1.82) is 0 Å². The normalized spacial score (nSPS) is 10.5. The maximum absolute atomic E-state index is 11.5. The molecule has 0 aliphatic rings. The third kappa shape index (κ3) is 2.45. The Labute approximate surface area is 107 Å². The minimum Gasteiger partial charge on any atom is -0.325 e. The SMILES string of the molecule is Cc1cc(=O)c(CN)nn1-c1ccc(Br)cc1. The number of hydrogen-bond acceptors (Lipinski definition) is 3. The van der Waals surface area contributed by atoms with Crippen molar-refractivity contribution in [2.45, 2.75) is 13.5 Å². The van der Waals surface area contributed by atoms with E-state index in [4.69, 9.17) is 5.73 Å². The lowest BCUT2D eigenvalue weighted by Gasteiger charge is -2.10. The van der Waals surface area contributed by atoms with Crippen molar-refractivity contribution in [2.24, 2.45) is 5.73 Å². The monoisotopic (exact) mass is 293 g/mol. The number of hydrogen-bond donors (Lipinski definition) is 1. The molecule has 2 aromatic rings. The summed E-state index contributed by atoms with van der Waals surface area (Å²) < 4.78 is 2.72. The Morgan fingerprint density at radius 2 is 2.00 bits per heavy atom. The van der Waals surface area contributed by atoms with Gasteiger partial charge in [-0.25, -0.2) is 4.68 Å². The van der Waals surface area contributed by atoms with Gasteiger partial charge < -0.3 is 5.73 Å². The zero-order chi connectivity index (χ0) is 12.4. The van der Waals surface area contributed by atoms with Gasteiger partial charge in [0.2, 0.25) is 5.43 Å². The Kier molecular flexibility index (Phi) is 3.40. The maximum atomic E-state index is 11.5. The number of halogens is 1. The van der Waals surface area contributed by atoms with Crippen LogP contribution >= 0.6 is 15.9 Å². The maximum Gasteiger partial charge on any atom is 0.204 e. The van der Waals surface area contributed by atoms with E-state index in [1.807, 2.05) is 31.2 Å². The molecule has 1 aromatic carbocycles. The average molecular weight is 294 g/mol. The molecule has 88 valence electrons. The zero-order valence-corrected chi connectivity index (χ0v) is 10.9. The van der Waals surface area contributed by atoms with E-state index in [0.29, 0.717) is 5.69 Å². The van der Waals surface area contributed by atoms with Gasteiger partial charge in [0.25, 0.3) is 0 Å². The summed E-state index contributed by atoms with van der Waals surface area (Å²) in [5.41, 5.74) is 7.44. The first-order valence-corrected chi connectivity index (χ1v) is 5.97. The number of nitrogens with zero attached hydrogens (tertiary/aromatic N) is 2. The second-order valence-corrected chi connectivity index (χ2v) is 4.60. The molecule has 0 atom stereocenters. The summed E-state index contributed by atoms with van der Waals surface area (Å²) in [6, 6.07) is 9.26. The molecule has 0 amide bonds. The van der Waals surface area contributed by atoms with Gasteiger partial charge in [-0.05, 0) is 31.2 Å². The highest BCUT2D eigenvalue weighted by Crippen LogP contribution is 2.14. The molecule has 4 nitrogen and oxygen atoms in total. The summed E-state index contributed by atoms with van der Waals surface area (Å²) in [6.45, 7) is 1.99. The second-order valence-electron chi connectivity index (χ2n) is 3.69. The second kappa shape index (κ2) is 4.81. The Morgan fingerprint density at radius 3 is 2.59 bits per heavy atom. The molecular formula is C12H12BrN3O. The summed E-state index contributed by atoms with van der Waals surface area (Å²) in [4.78, 5) is 11.5. The van der Waals surface area contributed by atoms with Gasteiger partial charge in [0.1, 0.15) is 5.69 Å². The van der Waals surface area contributed by atoms with Crippen molar-refractivity contribution in [3.8, 4) is 5.69 Å². The van der Waals surface area contributed by atoms with E-state index in [2.05, 4.69) is 21.0 Å². The van der Waals surface area contributed by atoms with E-state index < -0.39 is 0 Å². The quantitative estimate of drug-likeness (QED) is 0.918. The van der Waals surface area contributed by atoms with E-state index in [-0.39, 0.29) is 12.0 Å². The van der Waals surface area contributed by atoms with Crippen molar-refractivity contribution < 1.29 is 0 Å². The van der Waals surface area contributed by atoms with Crippen LogP contribution in [0.1, 0.15) is 11.4 Å². The molecule has 0 radical (unpaired) electrons. The van der Waals surface area contributed by atoms with E-state index in [0.717, 1.165) is 15.9 Å². The highest BCUT2D eigenvalue weighted by atomic mass is 79.9. The van der Waals surface area contributed by atoms with Crippen molar-refractivity contribution in [3.63, 3.8) is 0 Å². The van der Waals surface area contributed by atoms with Crippen LogP contribution in [0.2, 0.25) is 0 Å². The van der Waals surface area contributed by atoms with Crippen LogP contribution in [-0.4, -0.2) is 9.78 Å². The van der Waals surface area contributed by atoms with Gasteiger partial charge >= 0.3 is 0 Å². The molecule has 1 heterocycles. The van der Waals surface area contributed by atoms with E-state index >= 15 is 0 Å². The minimum absolute atomic E-state index is 0.113. The molecule has 0 unspecified atom stereocenters. The molecule has 1 aromatic heterocycles. The lowest BCUT2D eigenvalue weighted by atomic mass is 10.3. The minimum atomic E-state index is -0.113. The fourth-order valence-electron chi connectivity index (χ4n) is 1.57. The molecule has 0 fully saturated rings. The molecule has 17 heavy (non-hydrogen) atoms. The molecule has 0 aliphatic carbocycles. The number of aromatic nitrogens is 2. The summed E-state index contributed by atoms with van der Waals surface area (Å²) in [6.07, 6.45) is 0. The first-order valence-electron chi connectivity index (χ1n) is 5.17. The van der Waals surface area contributed by atoms with Crippen LogP contribution in [0.25, 0.3) is 5.69 Å². The molecule has 0 aliphatic heterocycles. The highest BCUT2D eigenvalue weighted by Gasteiger charge is 2.05. The van der Waals surface area contributed by atoms with E-state index in [9.17, 15) is 4.79 Å². The van der Waals surface area contributed by atoms with Crippen LogP contribution in [-0.2, 0) is 6.54 Å². The van der Waals surface area contributed by atoms with E-state index in [1.54, 1.807) is 10.7 Å². The van der Waals surface area contributed by atoms with Crippen molar-refractivity contribution in [1.82, 2.24) is 9.78 Å². The molecule has 2 N–H and O–H groups in total. The fourth-order valence-corrected chi connectivity index (χ4v) is 1.83. The molecule has 0 spiro atoms. The molecule has 0 bridgehead atoms.